The highest BCUT2D eigenvalue weighted by Gasteiger charge is 2.47. The molecule has 32 heavy (non-hydrogen) atoms. The highest BCUT2D eigenvalue weighted by molar-refractivity contribution is 5.98. The fourth-order valence-corrected chi connectivity index (χ4v) is 5.87. The van der Waals surface area contributed by atoms with Crippen LogP contribution in [0.4, 0.5) is 5.69 Å². The molecular weight excluding hydrogens is 396 g/mol. The molecule has 3 aliphatic rings. The van der Waals surface area contributed by atoms with Gasteiger partial charge in [-0.1, -0.05) is 24.3 Å². The van der Waals surface area contributed by atoms with Crippen LogP contribution in [-0.2, 0) is 5.54 Å². The first-order valence-corrected chi connectivity index (χ1v) is 11.7. The smallest absolute Gasteiger partial charge is 0.252 e. The summed E-state index contributed by atoms with van der Waals surface area (Å²) < 4.78 is 0. The minimum absolute atomic E-state index is 0.0295. The molecule has 1 aromatic heterocycles. The number of nitrogens with zero attached hydrogens (tertiary/aromatic N) is 3. The maximum absolute atomic E-state index is 13.5. The van der Waals surface area contributed by atoms with Crippen molar-refractivity contribution in [2.45, 2.75) is 25.3 Å². The van der Waals surface area contributed by atoms with Gasteiger partial charge in [-0.25, -0.2) is 0 Å². The van der Waals surface area contributed by atoms with E-state index in [1.54, 1.807) is 0 Å². The molecule has 1 N–H and O–H groups in total. The molecule has 3 heterocycles. The maximum atomic E-state index is 13.5. The number of fused-ring (bicyclic) bond motifs is 2. The van der Waals surface area contributed by atoms with Gasteiger partial charge < -0.3 is 15.1 Å². The van der Waals surface area contributed by atoms with E-state index in [-0.39, 0.29) is 11.4 Å². The normalized spacial score (nSPS) is 24.0. The second kappa shape index (κ2) is 7.31. The van der Waals surface area contributed by atoms with Crippen LogP contribution in [0.15, 0.2) is 54.7 Å². The predicted molar refractivity (Wildman–Crippen MR) is 128 cm³/mol. The third kappa shape index (κ3) is 3.27. The number of carbonyl (C=O) groups excluding carboxylic acids is 1. The molecule has 2 atom stereocenters. The number of aryl methyl sites for hydroxylation is 1. The number of anilines is 1. The number of hydrogen-bond acceptors (Lipinski definition) is 4. The Bertz CT molecular complexity index is 1180. The quantitative estimate of drug-likeness (QED) is 0.686. The summed E-state index contributed by atoms with van der Waals surface area (Å²) in [4.78, 5) is 22.9. The lowest BCUT2D eigenvalue weighted by Crippen LogP contribution is -2.35. The van der Waals surface area contributed by atoms with Crippen molar-refractivity contribution in [1.82, 2.24) is 15.2 Å². The van der Waals surface area contributed by atoms with Gasteiger partial charge in [0.25, 0.3) is 5.91 Å². The van der Waals surface area contributed by atoms with Gasteiger partial charge in [0.05, 0.1) is 11.1 Å². The lowest BCUT2D eigenvalue weighted by atomic mass is 9.99. The van der Waals surface area contributed by atoms with E-state index in [1.807, 2.05) is 31.3 Å². The topological polar surface area (TPSA) is 48.5 Å². The average molecular weight is 427 g/mol. The molecule has 2 aromatic carbocycles. The Morgan fingerprint density at radius 3 is 2.53 bits per heavy atom. The Morgan fingerprint density at radius 2 is 1.78 bits per heavy atom. The number of para-hydroxylation sites is 1. The molecule has 0 spiro atoms. The van der Waals surface area contributed by atoms with Crippen molar-refractivity contribution in [3.63, 3.8) is 0 Å². The minimum Gasteiger partial charge on any atom is -0.371 e. The summed E-state index contributed by atoms with van der Waals surface area (Å²) in [6, 6.07) is 16.7. The molecule has 6 rings (SSSR count). The molecule has 0 radical (unpaired) electrons. The van der Waals surface area contributed by atoms with Gasteiger partial charge in [-0.05, 0) is 74.0 Å². The summed E-state index contributed by atoms with van der Waals surface area (Å²) >= 11 is 0. The van der Waals surface area contributed by atoms with Crippen molar-refractivity contribution in [2.75, 3.05) is 38.1 Å². The van der Waals surface area contributed by atoms with E-state index >= 15 is 0 Å². The van der Waals surface area contributed by atoms with E-state index in [2.05, 4.69) is 57.5 Å². The summed E-state index contributed by atoms with van der Waals surface area (Å²) in [7, 11) is 2.22. The Balaban J connectivity index is 1.26. The Kier molecular flexibility index (Phi) is 4.51. The number of pyridine rings is 1. The van der Waals surface area contributed by atoms with Crippen LogP contribution in [0.3, 0.4) is 0 Å². The molecule has 3 aromatic rings. The second-order valence-corrected chi connectivity index (χ2v) is 10.1. The lowest BCUT2D eigenvalue weighted by molar-refractivity contribution is 0.0930. The van der Waals surface area contributed by atoms with Crippen LogP contribution >= 0.6 is 0 Å². The van der Waals surface area contributed by atoms with Gasteiger partial charge in [-0.15, -0.1) is 0 Å². The largest absolute Gasteiger partial charge is 0.371 e. The zero-order valence-electron chi connectivity index (χ0n) is 18.8. The van der Waals surface area contributed by atoms with Crippen molar-refractivity contribution in [1.29, 1.82) is 0 Å². The maximum Gasteiger partial charge on any atom is 0.252 e. The molecule has 0 bridgehead atoms. The third-order valence-electron chi connectivity index (χ3n) is 7.77. The van der Waals surface area contributed by atoms with Crippen LogP contribution in [0, 0.1) is 18.8 Å². The summed E-state index contributed by atoms with van der Waals surface area (Å²) in [5.74, 6) is 1.52. The molecule has 2 aliphatic heterocycles. The van der Waals surface area contributed by atoms with Gasteiger partial charge in [-0.2, -0.15) is 0 Å². The lowest BCUT2D eigenvalue weighted by Gasteiger charge is -2.24. The Morgan fingerprint density at radius 1 is 1.03 bits per heavy atom. The van der Waals surface area contributed by atoms with Crippen LogP contribution in [0.25, 0.3) is 10.9 Å². The van der Waals surface area contributed by atoms with E-state index in [0.717, 1.165) is 59.8 Å². The number of likely N-dealkylation sites (tertiary alicyclic amines) is 1. The van der Waals surface area contributed by atoms with E-state index in [1.165, 1.54) is 24.3 Å². The monoisotopic (exact) mass is 426 g/mol. The molecule has 1 aliphatic carbocycles. The van der Waals surface area contributed by atoms with Crippen LogP contribution in [0.1, 0.15) is 34.3 Å². The summed E-state index contributed by atoms with van der Waals surface area (Å²) in [6.45, 7) is 6.58. The Hall–Kier alpha value is -2.92. The number of rotatable bonds is 4. The first-order chi connectivity index (χ1) is 15.5. The molecule has 5 heteroatoms. The van der Waals surface area contributed by atoms with Gasteiger partial charge in [-0.3, -0.25) is 9.78 Å². The van der Waals surface area contributed by atoms with Gasteiger partial charge in [0.1, 0.15) is 0 Å². The van der Waals surface area contributed by atoms with Crippen LogP contribution < -0.4 is 10.2 Å². The SMILES string of the molecule is Cc1ccc(N2CC3CN(C)CC3C2)cc1C(=O)NC1(c2ccnc3ccccc23)CC1. The van der Waals surface area contributed by atoms with Gasteiger partial charge in [0.2, 0.25) is 0 Å². The van der Waals surface area contributed by atoms with Gasteiger partial charge >= 0.3 is 0 Å². The number of aromatic nitrogens is 1. The standard InChI is InChI=1S/C27H30N4O/c1-18-7-8-21(31-16-19-14-30(2)15-20(19)17-31)13-23(18)26(32)29-27(10-11-27)24-9-12-28-25-6-4-3-5-22(24)25/h3-9,12-13,19-20H,10-11,14-17H2,1-2H3,(H,29,32). The van der Waals surface area contributed by atoms with Crippen LogP contribution in [-0.4, -0.2) is 49.0 Å². The highest BCUT2D eigenvalue weighted by atomic mass is 16.1. The number of hydrogen-bond donors (Lipinski definition) is 1. The number of nitrogens with one attached hydrogen (secondary N) is 1. The van der Waals surface area contributed by atoms with Crippen molar-refractivity contribution >= 4 is 22.5 Å². The molecule has 1 saturated carbocycles. The molecule has 164 valence electrons. The average Bonchev–Trinajstić information content (AvgIpc) is 3.33. The molecule has 1 amide bonds. The van der Waals surface area contributed by atoms with Crippen molar-refractivity contribution in [2.24, 2.45) is 11.8 Å². The molecule has 5 nitrogen and oxygen atoms in total. The summed E-state index contributed by atoms with van der Waals surface area (Å²) in [6.07, 6.45) is 3.79. The first-order valence-electron chi connectivity index (χ1n) is 11.7. The van der Waals surface area contributed by atoms with Crippen LogP contribution in [0.5, 0.6) is 0 Å². The second-order valence-electron chi connectivity index (χ2n) is 10.1. The van der Waals surface area contributed by atoms with E-state index < -0.39 is 0 Å². The molecule has 2 unspecified atom stereocenters. The molecule has 3 fully saturated rings. The first kappa shape index (κ1) is 19.7. The van der Waals surface area contributed by atoms with Crippen molar-refractivity contribution in [3.8, 4) is 0 Å². The fourth-order valence-electron chi connectivity index (χ4n) is 5.87. The van der Waals surface area contributed by atoms with Gasteiger partial charge in [0, 0.05) is 49.0 Å². The summed E-state index contributed by atoms with van der Waals surface area (Å²) in [5.41, 5.74) is 4.88. The molecule has 2 saturated heterocycles. The third-order valence-corrected chi connectivity index (χ3v) is 7.77. The van der Waals surface area contributed by atoms with Crippen molar-refractivity contribution < 1.29 is 4.79 Å². The minimum atomic E-state index is -0.280. The number of benzene rings is 2. The van der Waals surface area contributed by atoms with E-state index in [0.29, 0.717) is 0 Å². The highest BCUT2D eigenvalue weighted by Crippen LogP contribution is 2.48. The van der Waals surface area contributed by atoms with Crippen molar-refractivity contribution in [3.05, 3.63) is 71.4 Å². The van der Waals surface area contributed by atoms with Crippen LogP contribution in [0.2, 0.25) is 0 Å². The fraction of sp³-hybridized carbons (Fsp3) is 0.407. The van der Waals surface area contributed by atoms with Gasteiger partial charge in [0.15, 0.2) is 0 Å². The van der Waals surface area contributed by atoms with E-state index in [9.17, 15) is 4.79 Å². The zero-order chi connectivity index (χ0) is 21.9. The number of amides is 1. The zero-order valence-corrected chi connectivity index (χ0v) is 18.8. The van der Waals surface area contributed by atoms with E-state index in [4.69, 9.17) is 0 Å². The summed E-state index contributed by atoms with van der Waals surface area (Å²) in [5, 5.41) is 4.54. The molecular formula is C27H30N4O. The number of carbonyl (C=O) groups is 1. The Labute approximate surface area is 189 Å². The predicted octanol–water partition coefficient (Wildman–Crippen LogP) is 3.96.